The Morgan fingerprint density at radius 1 is 1.22 bits per heavy atom. The molecule has 1 fully saturated rings. The summed E-state index contributed by atoms with van der Waals surface area (Å²) in [6.45, 7) is 11.1. The summed E-state index contributed by atoms with van der Waals surface area (Å²) in [7, 11) is 1.67. The number of rotatable bonds is 8. The molecule has 0 atom stereocenters. The number of methoxy groups -OCH3 is 1. The van der Waals surface area contributed by atoms with Crippen molar-refractivity contribution in [2.24, 2.45) is 0 Å². The minimum absolute atomic E-state index is 0.129. The first-order valence-corrected chi connectivity index (χ1v) is 8.89. The second-order valence-electron chi connectivity index (χ2n) is 6.14. The summed E-state index contributed by atoms with van der Waals surface area (Å²) in [5.41, 5.74) is 1.19. The predicted molar refractivity (Wildman–Crippen MR) is 107 cm³/mol. The molecule has 1 heterocycles. The van der Waals surface area contributed by atoms with Gasteiger partial charge in [0.1, 0.15) is 17.4 Å². The Hall–Kier alpha value is -3.20. The number of hydrogen-bond acceptors (Lipinski definition) is 5. The third-order valence-electron chi connectivity index (χ3n) is 4.39. The number of carbonyl (C=O) groups is 1. The first-order chi connectivity index (χ1) is 13.1. The standard InChI is InChI=1S/C21H26N4O2/c1-4-10-25(11-5-2)21(26)18(16-22)17-23-12-14-24(15-13-23)19-8-6-7-9-20(19)27-3/h4-9,17H,1-2,10-15H2,3H3/b18-17-. The lowest BCUT2D eigenvalue weighted by atomic mass is 10.2. The second kappa shape index (κ2) is 10.1. The van der Waals surface area contributed by atoms with Gasteiger partial charge in [-0.3, -0.25) is 4.79 Å². The Bertz CT molecular complexity index is 733. The smallest absolute Gasteiger partial charge is 0.266 e. The molecule has 1 saturated heterocycles. The highest BCUT2D eigenvalue weighted by atomic mass is 16.5. The average Bonchev–Trinajstić information content (AvgIpc) is 2.71. The van der Waals surface area contributed by atoms with E-state index < -0.39 is 0 Å². The number of amides is 1. The quantitative estimate of drug-likeness (QED) is 0.402. The fourth-order valence-electron chi connectivity index (χ4n) is 3.02. The summed E-state index contributed by atoms with van der Waals surface area (Å²) in [6.07, 6.45) is 4.95. The van der Waals surface area contributed by atoms with E-state index in [2.05, 4.69) is 18.1 Å². The van der Waals surface area contributed by atoms with E-state index in [-0.39, 0.29) is 11.5 Å². The highest BCUT2D eigenvalue weighted by Crippen LogP contribution is 2.28. The number of anilines is 1. The maximum atomic E-state index is 12.6. The van der Waals surface area contributed by atoms with Crippen LogP contribution in [0.3, 0.4) is 0 Å². The SMILES string of the molecule is C=CCN(CC=C)C(=O)/C(C#N)=C\N1CCN(c2ccccc2OC)CC1. The number of hydrogen-bond donors (Lipinski definition) is 0. The van der Waals surface area contributed by atoms with Gasteiger partial charge in [-0.2, -0.15) is 5.26 Å². The van der Waals surface area contributed by atoms with Crippen molar-refractivity contribution in [3.05, 3.63) is 61.3 Å². The third-order valence-corrected chi connectivity index (χ3v) is 4.39. The number of para-hydroxylation sites is 2. The molecule has 1 aromatic carbocycles. The van der Waals surface area contributed by atoms with Gasteiger partial charge >= 0.3 is 0 Å². The predicted octanol–water partition coefficient (Wildman–Crippen LogP) is 2.43. The molecule has 0 N–H and O–H groups in total. The molecule has 6 heteroatoms. The highest BCUT2D eigenvalue weighted by molar-refractivity contribution is 5.97. The van der Waals surface area contributed by atoms with Crippen molar-refractivity contribution < 1.29 is 9.53 Å². The molecule has 0 bridgehead atoms. The monoisotopic (exact) mass is 366 g/mol. The van der Waals surface area contributed by atoms with Crippen LogP contribution >= 0.6 is 0 Å². The molecular weight excluding hydrogens is 340 g/mol. The molecule has 0 aromatic heterocycles. The van der Waals surface area contributed by atoms with Gasteiger partial charge in [-0.05, 0) is 12.1 Å². The van der Waals surface area contributed by atoms with E-state index in [0.717, 1.165) is 37.6 Å². The molecule has 0 radical (unpaired) electrons. The van der Waals surface area contributed by atoms with E-state index in [1.807, 2.05) is 35.2 Å². The van der Waals surface area contributed by atoms with Gasteiger partial charge < -0.3 is 19.4 Å². The van der Waals surface area contributed by atoms with Crippen LogP contribution in [0.25, 0.3) is 0 Å². The first-order valence-electron chi connectivity index (χ1n) is 8.89. The van der Waals surface area contributed by atoms with Crippen molar-refractivity contribution in [2.75, 3.05) is 51.3 Å². The lowest BCUT2D eigenvalue weighted by Gasteiger charge is -2.36. The van der Waals surface area contributed by atoms with Crippen LogP contribution in [0.1, 0.15) is 0 Å². The summed E-state index contributed by atoms with van der Waals surface area (Å²) in [5.74, 6) is 0.545. The Balaban J connectivity index is 2.05. The van der Waals surface area contributed by atoms with Crippen molar-refractivity contribution in [1.29, 1.82) is 5.26 Å². The number of piperazine rings is 1. The largest absolute Gasteiger partial charge is 0.495 e. The number of benzene rings is 1. The van der Waals surface area contributed by atoms with E-state index in [1.54, 1.807) is 30.4 Å². The number of carbonyl (C=O) groups excluding carboxylic acids is 1. The molecule has 1 aliphatic rings. The Kier molecular flexibility index (Phi) is 7.50. The van der Waals surface area contributed by atoms with Gasteiger partial charge in [-0.1, -0.05) is 24.3 Å². The highest BCUT2D eigenvalue weighted by Gasteiger charge is 2.21. The van der Waals surface area contributed by atoms with Crippen LogP contribution in [-0.2, 0) is 4.79 Å². The molecule has 142 valence electrons. The zero-order valence-electron chi connectivity index (χ0n) is 15.8. The zero-order valence-corrected chi connectivity index (χ0v) is 15.8. The Morgan fingerprint density at radius 3 is 2.41 bits per heavy atom. The van der Waals surface area contributed by atoms with E-state index in [9.17, 15) is 10.1 Å². The van der Waals surface area contributed by atoms with Crippen LogP contribution in [0.5, 0.6) is 5.75 Å². The summed E-state index contributed by atoms with van der Waals surface area (Å²) < 4.78 is 5.43. The van der Waals surface area contributed by atoms with Crippen molar-refractivity contribution in [2.45, 2.75) is 0 Å². The van der Waals surface area contributed by atoms with E-state index in [0.29, 0.717) is 13.1 Å². The molecule has 0 saturated carbocycles. The van der Waals surface area contributed by atoms with E-state index in [1.165, 1.54) is 0 Å². The van der Waals surface area contributed by atoms with Crippen molar-refractivity contribution in [1.82, 2.24) is 9.80 Å². The maximum Gasteiger partial charge on any atom is 0.266 e. The summed E-state index contributed by atoms with van der Waals surface area (Å²) in [4.78, 5) is 18.4. The van der Waals surface area contributed by atoms with Gasteiger partial charge in [0.25, 0.3) is 5.91 Å². The van der Waals surface area contributed by atoms with Crippen molar-refractivity contribution in [3.8, 4) is 11.8 Å². The normalized spacial score (nSPS) is 14.3. The Morgan fingerprint density at radius 2 is 1.85 bits per heavy atom. The fourth-order valence-corrected chi connectivity index (χ4v) is 3.02. The summed E-state index contributed by atoms with van der Waals surface area (Å²) in [5, 5.41) is 9.44. The van der Waals surface area contributed by atoms with Gasteiger partial charge in [-0.15, -0.1) is 13.2 Å². The third kappa shape index (κ3) is 5.14. The van der Waals surface area contributed by atoms with E-state index in [4.69, 9.17) is 4.74 Å². The van der Waals surface area contributed by atoms with Gasteiger partial charge in [0.15, 0.2) is 0 Å². The first kappa shape index (κ1) is 20.1. The lowest BCUT2D eigenvalue weighted by molar-refractivity contribution is -0.125. The van der Waals surface area contributed by atoms with Crippen LogP contribution < -0.4 is 9.64 Å². The number of nitrogens with zero attached hydrogens (tertiary/aromatic N) is 4. The molecule has 1 aliphatic heterocycles. The van der Waals surface area contributed by atoms with E-state index >= 15 is 0 Å². The van der Waals surface area contributed by atoms with Crippen LogP contribution in [-0.4, -0.2) is 62.1 Å². The van der Waals surface area contributed by atoms with Gasteiger partial charge in [-0.25, -0.2) is 0 Å². The minimum Gasteiger partial charge on any atom is -0.495 e. The molecule has 0 aliphatic carbocycles. The molecule has 0 spiro atoms. The second-order valence-corrected chi connectivity index (χ2v) is 6.14. The van der Waals surface area contributed by atoms with Crippen LogP contribution in [0.2, 0.25) is 0 Å². The average molecular weight is 366 g/mol. The van der Waals surface area contributed by atoms with Crippen LogP contribution in [0.4, 0.5) is 5.69 Å². The zero-order chi connectivity index (χ0) is 19.6. The molecule has 27 heavy (non-hydrogen) atoms. The lowest BCUT2D eigenvalue weighted by Crippen LogP contribution is -2.44. The topological polar surface area (TPSA) is 59.8 Å². The Labute approximate surface area is 161 Å². The van der Waals surface area contributed by atoms with Crippen molar-refractivity contribution in [3.63, 3.8) is 0 Å². The van der Waals surface area contributed by atoms with Crippen molar-refractivity contribution >= 4 is 11.6 Å². The number of nitriles is 1. The molecule has 2 rings (SSSR count). The molecule has 0 unspecified atom stereocenters. The summed E-state index contributed by atoms with van der Waals surface area (Å²) in [6, 6.07) is 9.96. The molecule has 1 amide bonds. The van der Waals surface area contributed by atoms with Gasteiger partial charge in [0, 0.05) is 45.5 Å². The van der Waals surface area contributed by atoms with Crippen LogP contribution in [0.15, 0.2) is 61.3 Å². The maximum absolute atomic E-state index is 12.6. The minimum atomic E-state index is -0.301. The molecule has 6 nitrogen and oxygen atoms in total. The fraction of sp³-hybridized carbons (Fsp3) is 0.333. The van der Waals surface area contributed by atoms with Crippen LogP contribution in [0, 0.1) is 11.3 Å². The number of ether oxygens (including phenoxy) is 1. The van der Waals surface area contributed by atoms with Gasteiger partial charge in [0.2, 0.25) is 0 Å². The summed E-state index contributed by atoms with van der Waals surface area (Å²) >= 11 is 0. The molecule has 1 aromatic rings. The van der Waals surface area contributed by atoms with Gasteiger partial charge in [0.05, 0.1) is 12.8 Å². The molecular formula is C21H26N4O2.